The van der Waals surface area contributed by atoms with E-state index in [0.29, 0.717) is 6.42 Å². The lowest BCUT2D eigenvalue weighted by molar-refractivity contribution is -0.0654. The summed E-state index contributed by atoms with van der Waals surface area (Å²) in [5.41, 5.74) is 3.84. The predicted octanol–water partition coefficient (Wildman–Crippen LogP) is 5.02. The summed E-state index contributed by atoms with van der Waals surface area (Å²) in [7, 11) is 0. The molecule has 0 aromatic rings. The molecule has 0 unspecified atom stereocenters. The van der Waals surface area contributed by atoms with E-state index in [1.165, 1.54) is 5.57 Å². The van der Waals surface area contributed by atoms with Crippen LogP contribution >= 0.6 is 0 Å². The highest BCUT2D eigenvalue weighted by atomic mass is 19.1. The third kappa shape index (κ3) is 2.00. The molecular weight excluding hydrogens is 315 g/mol. The molecule has 2 nitrogen and oxygen atoms in total. The van der Waals surface area contributed by atoms with Crippen molar-refractivity contribution in [3.63, 3.8) is 0 Å². The van der Waals surface area contributed by atoms with E-state index in [0.717, 1.165) is 37.5 Å². The highest BCUT2D eigenvalue weighted by Gasteiger charge is 2.64. The molecule has 4 aliphatic rings. The summed E-state index contributed by atoms with van der Waals surface area (Å²) in [6, 6.07) is 0. The molecule has 136 valence electrons. The number of fused-ring (bicyclic) bond motifs is 5. The first-order chi connectivity index (χ1) is 11.8. The second-order valence-corrected chi connectivity index (χ2v) is 9.11. The number of alkyl halides is 1. The fourth-order valence-corrected chi connectivity index (χ4v) is 6.60. The summed E-state index contributed by atoms with van der Waals surface area (Å²) >= 11 is 0. The normalized spacial score (nSPS) is 51.6. The molecular formula is C22H29FO2. The number of halogens is 1. The second-order valence-electron chi connectivity index (χ2n) is 9.11. The zero-order chi connectivity index (χ0) is 18.0. The monoisotopic (exact) mass is 344 g/mol. The highest BCUT2D eigenvalue weighted by Crippen LogP contribution is 2.67. The lowest BCUT2D eigenvalue weighted by Gasteiger charge is -2.54. The zero-order valence-electron chi connectivity index (χ0n) is 15.4. The molecule has 0 saturated heterocycles. The van der Waals surface area contributed by atoms with Gasteiger partial charge in [-0.25, -0.2) is 4.39 Å². The summed E-state index contributed by atoms with van der Waals surface area (Å²) in [4.78, 5) is 0. The Morgan fingerprint density at radius 2 is 2.08 bits per heavy atom. The minimum atomic E-state index is -1.04. The first-order valence-electron chi connectivity index (χ1n) is 9.62. The van der Waals surface area contributed by atoms with Gasteiger partial charge in [-0.2, -0.15) is 0 Å². The number of allylic oxidation sites excluding steroid dienone is 3. The molecule has 25 heavy (non-hydrogen) atoms. The summed E-state index contributed by atoms with van der Waals surface area (Å²) in [5.74, 6) is 0.463. The quantitative estimate of drug-likeness (QED) is 0.398. The van der Waals surface area contributed by atoms with Gasteiger partial charge < -0.3 is 10.2 Å². The van der Waals surface area contributed by atoms with Gasteiger partial charge in [0.25, 0.3) is 0 Å². The van der Waals surface area contributed by atoms with Crippen LogP contribution in [-0.2, 0) is 0 Å². The molecule has 2 N–H and O–H groups in total. The van der Waals surface area contributed by atoms with Crippen molar-refractivity contribution in [1.82, 2.24) is 0 Å². The van der Waals surface area contributed by atoms with Crippen LogP contribution in [0.3, 0.4) is 0 Å². The molecule has 0 bridgehead atoms. The molecule has 0 radical (unpaired) electrons. The van der Waals surface area contributed by atoms with Gasteiger partial charge in [-0.3, -0.25) is 0 Å². The molecule has 7 atom stereocenters. The number of hydrogen-bond donors (Lipinski definition) is 2. The fraction of sp³-hybridized carbons (Fsp3) is 0.682. The van der Waals surface area contributed by atoms with E-state index in [1.807, 2.05) is 6.08 Å². The molecule has 0 aromatic carbocycles. The summed E-state index contributed by atoms with van der Waals surface area (Å²) < 4.78 is 15.1. The maximum atomic E-state index is 15.1. The predicted molar refractivity (Wildman–Crippen MR) is 96.7 cm³/mol. The summed E-state index contributed by atoms with van der Waals surface area (Å²) in [6.45, 7) is 6.36. The number of hydrogen-bond acceptors (Lipinski definition) is 2. The Balaban J connectivity index is 1.82. The van der Waals surface area contributed by atoms with Crippen molar-refractivity contribution in [1.29, 1.82) is 0 Å². The van der Waals surface area contributed by atoms with E-state index < -0.39 is 11.8 Å². The fourth-order valence-electron chi connectivity index (χ4n) is 6.60. The molecule has 3 heteroatoms. The molecule has 4 rings (SSSR count). The zero-order valence-corrected chi connectivity index (χ0v) is 15.4. The Labute approximate surface area is 149 Å². The number of rotatable bonds is 1. The molecule has 0 spiro atoms. The maximum Gasteiger partial charge on any atom is 0.130 e. The molecule has 0 heterocycles. The first-order valence-corrected chi connectivity index (χ1v) is 9.62. The SMILES string of the molecule is C[C@H]1C[C@H]2[C@@H]3C[C@H](F)C4=C=CCC[C@]4(C)C3=CC[C@]2(C)[C@@]1(O)C=CO. The van der Waals surface area contributed by atoms with Gasteiger partial charge in [0.2, 0.25) is 0 Å². The summed E-state index contributed by atoms with van der Waals surface area (Å²) in [5, 5.41) is 20.7. The Morgan fingerprint density at radius 3 is 2.80 bits per heavy atom. The Morgan fingerprint density at radius 1 is 1.32 bits per heavy atom. The van der Waals surface area contributed by atoms with Crippen LogP contribution in [0.25, 0.3) is 0 Å². The Bertz CT molecular complexity index is 716. The topological polar surface area (TPSA) is 40.5 Å². The molecule has 2 saturated carbocycles. The van der Waals surface area contributed by atoms with Gasteiger partial charge in [-0.1, -0.05) is 32.4 Å². The van der Waals surface area contributed by atoms with Crippen LogP contribution in [0.1, 0.15) is 52.9 Å². The standard InChI is InChI=1S/C22H29FO2/c1-14-12-18-15-13-19(23)17-6-4-5-8-20(17,2)16(15)7-9-21(18,3)22(14,25)10-11-24/h4,7,10-11,14-15,18-19,24-25H,5,8-9,12-13H2,1-3H3/t14-,15+,18-,19-,20+,21-,22+/m0/s1. The van der Waals surface area contributed by atoms with Crippen LogP contribution in [0.15, 0.2) is 41.4 Å². The van der Waals surface area contributed by atoms with E-state index in [-0.39, 0.29) is 28.6 Å². The first kappa shape index (κ1) is 17.1. The average molecular weight is 344 g/mol. The average Bonchev–Trinajstić information content (AvgIpc) is 2.76. The minimum Gasteiger partial charge on any atom is -0.516 e. The van der Waals surface area contributed by atoms with Crippen molar-refractivity contribution in [2.75, 3.05) is 0 Å². The van der Waals surface area contributed by atoms with Gasteiger partial charge in [0, 0.05) is 16.4 Å². The van der Waals surface area contributed by atoms with E-state index in [2.05, 4.69) is 32.6 Å². The Kier molecular flexibility index (Phi) is 3.66. The lowest BCUT2D eigenvalue weighted by atomic mass is 9.51. The van der Waals surface area contributed by atoms with Crippen LogP contribution in [0.4, 0.5) is 4.39 Å². The lowest BCUT2D eigenvalue weighted by Crippen LogP contribution is -2.52. The van der Waals surface area contributed by atoms with Gasteiger partial charge in [0.1, 0.15) is 6.17 Å². The number of aliphatic hydroxyl groups is 2. The van der Waals surface area contributed by atoms with Crippen molar-refractivity contribution in [3.05, 3.63) is 41.4 Å². The van der Waals surface area contributed by atoms with Gasteiger partial charge in [0.05, 0.1) is 11.9 Å². The molecule has 0 aromatic heterocycles. The van der Waals surface area contributed by atoms with Gasteiger partial charge in [-0.15, -0.1) is 5.73 Å². The van der Waals surface area contributed by atoms with Crippen LogP contribution in [-0.4, -0.2) is 22.0 Å². The smallest absolute Gasteiger partial charge is 0.130 e. The van der Waals surface area contributed by atoms with Crippen molar-refractivity contribution >= 4 is 0 Å². The van der Waals surface area contributed by atoms with E-state index in [1.54, 1.807) is 6.08 Å². The third-order valence-electron chi connectivity index (χ3n) is 8.10. The largest absolute Gasteiger partial charge is 0.516 e. The molecule has 2 fully saturated rings. The van der Waals surface area contributed by atoms with Crippen LogP contribution in [0, 0.1) is 28.6 Å². The van der Waals surface area contributed by atoms with Gasteiger partial charge in [0.15, 0.2) is 0 Å². The van der Waals surface area contributed by atoms with Crippen molar-refractivity contribution in [2.45, 2.75) is 64.6 Å². The number of aliphatic hydroxyl groups excluding tert-OH is 1. The highest BCUT2D eigenvalue weighted by molar-refractivity contribution is 5.41. The van der Waals surface area contributed by atoms with E-state index in [4.69, 9.17) is 0 Å². The van der Waals surface area contributed by atoms with Crippen LogP contribution < -0.4 is 0 Å². The second kappa shape index (κ2) is 5.34. The summed E-state index contributed by atoms with van der Waals surface area (Å²) in [6.07, 6.45) is 9.93. The van der Waals surface area contributed by atoms with Crippen molar-refractivity contribution < 1.29 is 14.6 Å². The van der Waals surface area contributed by atoms with Crippen molar-refractivity contribution in [2.24, 2.45) is 28.6 Å². The molecule has 4 aliphatic carbocycles. The van der Waals surface area contributed by atoms with Gasteiger partial charge in [-0.05, 0) is 62.0 Å². The third-order valence-corrected chi connectivity index (χ3v) is 8.10. The molecule has 0 amide bonds. The van der Waals surface area contributed by atoms with E-state index in [9.17, 15) is 10.2 Å². The maximum absolute atomic E-state index is 15.1. The van der Waals surface area contributed by atoms with Gasteiger partial charge >= 0.3 is 0 Å². The van der Waals surface area contributed by atoms with Crippen LogP contribution in [0.2, 0.25) is 0 Å². The molecule has 0 aliphatic heterocycles. The minimum absolute atomic E-state index is 0.0488. The van der Waals surface area contributed by atoms with E-state index >= 15 is 4.39 Å². The van der Waals surface area contributed by atoms with Crippen LogP contribution in [0.5, 0.6) is 0 Å². The van der Waals surface area contributed by atoms with Crippen molar-refractivity contribution in [3.8, 4) is 0 Å². The Hall–Kier alpha value is -1.31.